The molecule has 0 aromatic heterocycles. The van der Waals surface area contributed by atoms with Gasteiger partial charge in [0.05, 0.1) is 16.5 Å². The molecule has 18 heavy (non-hydrogen) atoms. The van der Waals surface area contributed by atoms with Crippen LogP contribution in [-0.4, -0.2) is 26.3 Å². The first-order valence-corrected chi connectivity index (χ1v) is 7.07. The van der Waals surface area contributed by atoms with Gasteiger partial charge in [-0.2, -0.15) is 5.26 Å². The van der Waals surface area contributed by atoms with Crippen molar-refractivity contribution in [2.24, 2.45) is 5.41 Å². The molecule has 0 saturated heterocycles. The van der Waals surface area contributed by atoms with E-state index in [1.165, 1.54) is 28.6 Å². The summed E-state index contributed by atoms with van der Waals surface area (Å²) in [7, 11) is -1.90. The molecule has 0 saturated carbocycles. The Labute approximate surface area is 109 Å². The van der Waals surface area contributed by atoms with E-state index in [1.807, 2.05) is 26.8 Å². The molecule has 4 nitrogen and oxygen atoms in total. The average Bonchev–Trinajstić information content (AvgIpc) is 2.27. The van der Waals surface area contributed by atoms with Gasteiger partial charge in [-0.3, -0.25) is 0 Å². The number of rotatable bonds is 3. The fraction of sp³-hybridized carbons (Fsp3) is 0.462. The Hall–Kier alpha value is -1.38. The zero-order valence-electron chi connectivity index (χ0n) is 11.1. The molecular weight excluding hydrogens is 248 g/mol. The van der Waals surface area contributed by atoms with Crippen LogP contribution in [0.2, 0.25) is 0 Å². The van der Waals surface area contributed by atoms with Crippen molar-refractivity contribution < 1.29 is 8.42 Å². The summed E-state index contributed by atoms with van der Waals surface area (Å²) < 4.78 is 25.8. The Bertz CT molecular complexity index is 548. The van der Waals surface area contributed by atoms with E-state index in [-0.39, 0.29) is 10.3 Å². The number of hydrogen-bond acceptors (Lipinski definition) is 3. The predicted molar refractivity (Wildman–Crippen MR) is 70.4 cm³/mol. The fourth-order valence-corrected chi connectivity index (χ4v) is 3.03. The molecule has 0 bridgehead atoms. The summed E-state index contributed by atoms with van der Waals surface area (Å²) >= 11 is 0. The molecule has 0 unspecified atom stereocenters. The highest BCUT2D eigenvalue weighted by Crippen LogP contribution is 2.20. The smallest absolute Gasteiger partial charge is 0.207 e. The van der Waals surface area contributed by atoms with Gasteiger partial charge in [0, 0.05) is 13.6 Å². The van der Waals surface area contributed by atoms with Gasteiger partial charge in [0.15, 0.2) is 0 Å². The Morgan fingerprint density at radius 1 is 1.22 bits per heavy atom. The maximum Gasteiger partial charge on any atom is 0.242 e. The second-order valence-corrected chi connectivity index (χ2v) is 7.50. The monoisotopic (exact) mass is 266 g/mol. The lowest BCUT2D eigenvalue weighted by Gasteiger charge is -2.26. The summed E-state index contributed by atoms with van der Waals surface area (Å²) in [5.74, 6) is 0. The van der Waals surface area contributed by atoms with E-state index < -0.39 is 10.0 Å². The van der Waals surface area contributed by atoms with Crippen molar-refractivity contribution in [2.45, 2.75) is 25.7 Å². The van der Waals surface area contributed by atoms with Crippen LogP contribution in [0.1, 0.15) is 26.3 Å². The summed E-state index contributed by atoms with van der Waals surface area (Å²) in [4.78, 5) is 0.216. The zero-order valence-corrected chi connectivity index (χ0v) is 12.0. The zero-order chi connectivity index (χ0) is 14.0. The van der Waals surface area contributed by atoms with Crippen molar-refractivity contribution in [3.05, 3.63) is 29.8 Å². The minimum atomic E-state index is -3.47. The average molecular weight is 266 g/mol. The van der Waals surface area contributed by atoms with Crippen LogP contribution in [0, 0.1) is 16.7 Å². The van der Waals surface area contributed by atoms with E-state index in [0.29, 0.717) is 12.1 Å². The van der Waals surface area contributed by atoms with Crippen LogP contribution in [-0.2, 0) is 10.0 Å². The summed E-state index contributed by atoms with van der Waals surface area (Å²) in [6.07, 6.45) is 0. The largest absolute Gasteiger partial charge is 0.242 e. The maximum absolute atomic E-state index is 12.3. The highest BCUT2D eigenvalue weighted by Gasteiger charge is 2.25. The van der Waals surface area contributed by atoms with E-state index in [1.54, 1.807) is 7.05 Å². The van der Waals surface area contributed by atoms with Gasteiger partial charge in [-0.15, -0.1) is 0 Å². The van der Waals surface area contributed by atoms with Crippen LogP contribution >= 0.6 is 0 Å². The lowest BCUT2D eigenvalue weighted by Crippen LogP contribution is -2.34. The molecule has 0 fully saturated rings. The number of benzene rings is 1. The maximum atomic E-state index is 12.3. The molecule has 0 N–H and O–H groups in total. The summed E-state index contributed by atoms with van der Waals surface area (Å²) in [6.45, 7) is 6.39. The Morgan fingerprint density at radius 2 is 1.72 bits per heavy atom. The van der Waals surface area contributed by atoms with Crippen molar-refractivity contribution >= 4 is 10.0 Å². The molecule has 5 heteroatoms. The summed E-state index contributed by atoms with van der Waals surface area (Å²) in [5, 5.41) is 8.68. The molecule has 0 amide bonds. The molecule has 0 aliphatic carbocycles. The quantitative estimate of drug-likeness (QED) is 0.842. The molecule has 0 aliphatic rings. The molecule has 1 aromatic carbocycles. The molecule has 0 aliphatic heterocycles. The molecule has 98 valence electrons. The fourth-order valence-electron chi connectivity index (χ4n) is 1.63. The first-order chi connectivity index (χ1) is 8.16. The first-order valence-electron chi connectivity index (χ1n) is 5.63. The summed E-state index contributed by atoms with van der Waals surface area (Å²) in [5.41, 5.74) is 0.349. The van der Waals surface area contributed by atoms with Crippen molar-refractivity contribution in [3.8, 4) is 6.07 Å². The van der Waals surface area contributed by atoms with Gasteiger partial charge in [0.2, 0.25) is 10.0 Å². The third kappa shape index (κ3) is 3.56. The SMILES string of the molecule is CN(CC(C)(C)C)S(=O)(=O)c1ccc(C#N)cc1. The Kier molecular flexibility index (Phi) is 4.15. The number of nitrogens with zero attached hydrogens (tertiary/aromatic N) is 2. The number of hydrogen-bond donors (Lipinski definition) is 0. The standard InChI is InChI=1S/C13H18N2O2S/c1-13(2,3)10-15(4)18(16,17)12-7-5-11(9-14)6-8-12/h5-8H,10H2,1-4H3. The molecular formula is C13H18N2O2S. The molecule has 1 aromatic rings. The number of nitriles is 1. The normalized spacial score (nSPS) is 12.4. The van der Waals surface area contributed by atoms with Crippen LogP contribution in [0.15, 0.2) is 29.2 Å². The highest BCUT2D eigenvalue weighted by molar-refractivity contribution is 7.89. The Morgan fingerprint density at radius 3 is 2.11 bits per heavy atom. The van der Waals surface area contributed by atoms with Gasteiger partial charge in [-0.25, -0.2) is 12.7 Å². The molecule has 1 rings (SSSR count). The van der Waals surface area contributed by atoms with Crippen LogP contribution < -0.4 is 0 Å². The van der Waals surface area contributed by atoms with Gasteiger partial charge < -0.3 is 0 Å². The molecule has 0 heterocycles. The van der Waals surface area contributed by atoms with E-state index in [0.717, 1.165) is 0 Å². The van der Waals surface area contributed by atoms with Gasteiger partial charge in [0.25, 0.3) is 0 Å². The van der Waals surface area contributed by atoms with E-state index in [9.17, 15) is 8.42 Å². The minimum Gasteiger partial charge on any atom is -0.207 e. The highest BCUT2D eigenvalue weighted by atomic mass is 32.2. The van der Waals surface area contributed by atoms with Crippen molar-refractivity contribution in [2.75, 3.05) is 13.6 Å². The van der Waals surface area contributed by atoms with E-state index in [2.05, 4.69) is 0 Å². The van der Waals surface area contributed by atoms with Crippen LogP contribution in [0.4, 0.5) is 0 Å². The first kappa shape index (κ1) is 14.7. The van der Waals surface area contributed by atoms with Gasteiger partial charge in [0.1, 0.15) is 0 Å². The van der Waals surface area contributed by atoms with Gasteiger partial charge in [-0.1, -0.05) is 20.8 Å². The molecule has 0 atom stereocenters. The lowest BCUT2D eigenvalue weighted by molar-refractivity contribution is 0.311. The van der Waals surface area contributed by atoms with Crippen LogP contribution in [0.3, 0.4) is 0 Å². The van der Waals surface area contributed by atoms with Crippen molar-refractivity contribution in [3.63, 3.8) is 0 Å². The third-order valence-corrected chi connectivity index (χ3v) is 4.21. The van der Waals surface area contributed by atoms with Crippen LogP contribution in [0.25, 0.3) is 0 Å². The minimum absolute atomic E-state index is 0.103. The van der Waals surface area contributed by atoms with E-state index >= 15 is 0 Å². The van der Waals surface area contributed by atoms with Crippen LogP contribution in [0.5, 0.6) is 0 Å². The number of sulfonamides is 1. The van der Waals surface area contributed by atoms with E-state index in [4.69, 9.17) is 5.26 Å². The predicted octanol–water partition coefficient (Wildman–Crippen LogP) is 2.22. The van der Waals surface area contributed by atoms with Gasteiger partial charge >= 0.3 is 0 Å². The summed E-state index contributed by atoms with van der Waals surface area (Å²) in [6, 6.07) is 7.92. The molecule has 0 radical (unpaired) electrons. The Balaban J connectivity index is 3.02. The third-order valence-electron chi connectivity index (χ3n) is 2.39. The molecule has 0 spiro atoms. The second kappa shape index (κ2) is 5.09. The van der Waals surface area contributed by atoms with Crippen molar-refractivity contribution in [1.29, 1.82) is 5.26 Å². The van der Waals surface area contributed by atoms with Gasteiger partial charge in [-0.05, 0) is 29.7 Å². The lowest BCUT2D eigenvalue weighted by atomic mass is 9.97. The topological polar surface area (TPSA) is 61.2 Å². The van der Waals surface area contributed by atoms with Crippen molar-refractivity contribution in [1.82, 2.24) is 4.31 Å². The second-order valence-electron chi connectivity index (χ2n) is 5.46.